The lowest BCUT2D eigenvalue weighted by atomic mass is 9.83. The molecule has 2 unspecified atom stereocenters. The number of hydrogen-bond acceptors (Lipinski definition) is 2. The lowest BCUT2D eigenvalue weighted by Gasteiger charge is -2.36. The lowest BCUT2D eigenvalue weighted by molar-refractivity contribution is -0.136. The molecular formula is C10H11NOS. The minimum Gasteiger partial charge on any atom is -0.348 e. The molecule has 0 radical (unpaired) electrons. The molecule has 2 aliphatic rings. The van der Waals surface area contributed by atoms with Gasteiger partial charge in [-0.05, 0) is 41.1 Å². The summed E-state index contributed by atoms with van der Waals surface area (Å²) in [5.41, 5.74) is 1.29. The van der Waals surface area contributed by atoms with Crippen molar-refractivity contribution in [1.82, 2.24) is 5.32 Å². The zero-order valence-electron chi connectivity index (χ0n) is 7.19. The summed E-state index contributed by atoms with van der Waals surface area (Å²) in [4.78, 5) is 11.3. The molecular weight excluding hydrogens is 182 g/mol. The Morgan fingerprint density at radius 2 is 2.31 bits per heavy atom. The third-order valence-electron chi connectivity index (χ3n) is 2.99. The van der Waals surface area contributed by atoms with Gasteiger partial charge in [-0.2, -0.15) is 11.3 Å². The van der Waals surface area contributed by atoms with E-state index in [1.165, 1.54) is 18.4 Å². The molecule has 1 aromatic heterocycles. The maximum Gasteiger partial charge on any atom is 0.226 e. The number of β-lactam (4-membered cyclic amide) rings is 1. The van der Waals surface area contributed by atoms with Crippen LogP contribution in [0.15, 0.2) is 16.8 Å². The first-order chi connectivity index (χ1) is 6.36. The summed E-state index contributed by atoms with van der Waals surface area (Å²) in [7, 11) is 0. The van der Waals surface area contributed by atoms with Gasteiger partial charge >= 0.3 is 0 Å². The standard InChI is InChI=1S/C10H11NOS/c12-10-8(6-1-2-6)9(11-10)7-3-4-13-5-7/h3-6,8-9H,1-2H2,(H,11,12). The van der Waals surface area contributed by atoms with E-state index in [0.29, 0.717) is 12.0 Å². The van der Waals surface area contributed by atoms with E-state index < -0.39 is 0 Å². The Balaban J connectivity index is 1.82. The second kappa shape index (κ2) is 2.58. The first-order valence-electron chi connectivity index (χ1n) is 4.69. The van der Waals surface area contributed by atoms with Gasteiger partial charge in [-0.15, -0.1) is 0 Å². The lowest BCUT2D eigenvalue weighted by Crippen LogP contribution is -2.52. The van der Waals surface area contributed by atoms with Gasteiger partial charge in [-0.1, -0.05) is 0 Å². The van der Waals surface area contributed by atoms with Crippen molar-refractivity contribution in [3.8, 4) is 0 Å². The summed E-state index contributed by atoms with van der Waals surface area (Å²) in [6.07, 6.45) is 2.50. The number of carbonyl (C=O) groups excluding carboxylic acids is 1. The molecule has 68 valence electrons. The van der Waals surface area contributed by atoms with Crippen LogP contribution in [-0.2, 0) is 4.79 Å². The van der Waals surface area contributed by atoms with Crippen LogP contribution in [0.25, 0.3) is 0 Å². The summed E-state index contributed by atoms with van der Waals surface area (Å²) in [6, 6.07) is 2.44. The topological polar surface area (TPSA) is 29.1 Å². The summed E-state index contributed by atoms with van der Waals surface area (Å²) < 4.78 is 0. The number of nitrogens with one attached hydrogen (secondary N) is 1. The average Bonchev–Trinajstić information content (AvgIpc) is 2.77. The van der Waals surface area contributed by atoms with Crippen molar-refractivity contribution in [2.45, 2.75) is 18.9 Å². The van der Waals surface area contributed by atoms with Gasteiger partial charge in [0.25, 0.3) is 0 Å². The van der Waals surface area contributed by atoms with Gasteiger partial charge in [-0.3, -0.25) is 4.79 Å². The van der Waals surface area contributed by atoms with Crippen molar-refractivity contribution in [3.63, 3.8) is 0 Å². The van der Waals surface area contributed by atoms with Crippen LogP contribution >= 0.6 is 11.3 Å². The third-order valence-corrected chi connectivity index (χ3v) is 3.69. The number of thiophene rings is 1. The zero-order valence-corrected chi connectivity index (χ0v) is 8.01. The van der Waals surface area contributed by atoms with Gasteiger partial charge in [0.15, 0.2) is 0 Å². The summed E-state index contributed by atoms with van der Waals surface area (Å²) in [5, 5.41) is 7.20. The second-order valence-electron chi connectivity index (χ2n) is 3.91. The molecule has 0 spiro atoms. The predicted octanol–water partition coefficient (Wildman–Crippen LogP) is 1.95. The van der Waals surface area contributed by atoms with Gasteiger partial charge < -0.3 is 5.32 Å². The monoisotopic (exact) mass is 193 g/mol. The van der Waals surface area contributed by atoms with Crippen LogP contribution in [0.2, 0.25) is 0 Å². The molecule has 0 bridgehead atoms. The SMILES string of the molecule is O=C1NC(c2ccsc2)C1C1CC1. The van der Waals surface area contributed by atoms with E-state index in [9.17, 15) is 4.79 Å². The Hall–Kier alpha value is -0.830. The van der Waals surface area contributed by atoms with E-state index in [4.69, 9.17) is 0 Å². The number of amides is 1. The summed E-state index contributed by atoms with van der Waals surface area (Å²) in [6.45, 7) is 0. The quantitative estimate of drug-likeness (QED) is 0.715. The molecule has 1 saturated carbocycles. The van der Waals surface area contributed by atoms with Crippen LogP contribution in [0.3, 0.4) is 0 Å². The van der Waals surface area contributed by atoms with Crippen LogP contribution in [0.1, 0.15) is 24.4 Å². The highest BCUT2D eigenvalue weighted by molar-refractivity contribution is 7.08. The molecule has 3 heteroatoms. The van der Waals surface area contributed by atoms with Crippen molar-refractivity contribution in [3.05, 3.63) is 22.4 Å². The minimum atomic E-state index is 0.263. The van der Waals surface area contributed by atoms with Gasteiger partial charge in [0.1, 0.15) is 0 Å². The maximum atomic E-state index is 11.3. The highest BCUT2D eigenvalue weighted by Crippen LogP contribution is 2.47. The zero-order chi connectivity index (χ0) is 8.84. The van der Waals surface area contributed by atoms with Crippen LogP contribution < -0.4 is 5.32 Å². The molecule has 1 aliphatic carbocycles. The van der Waals surface area contributed by atoms with Crippen molar-refractivity contribution < 1.29 is 4.79 Å². The van der Waals surface area contributed by atoms with Gasteiger partial charge in [0, 0.05) is 0 Å². The molecule has 0 aromatic carbocycles. The van der Waals surface area contributed by atoms with Crippen LogP contribution in [-0.4, -0.2) is 5.91 Å². The van der Waals surface area contributed by atoms with Gasteiger partial charge in [-0.25, -0.2) is 0 Å². The molecule has 1 amide bonds. The smallest absolute Gasteiger partial charge is 0.226 e. The molecule has 1 aromatic rings. The van der Waals surface area contributed by atoms with E-state index in [1.807, 2.05) is 0 Å². The highest BCUT2D eigenvalue weighted by atomic mass is 32.1. The second-order valence-corrected chi connectivity index (χ2v) is 4.69. The highest BCUT2D eigenvalue weighted by Gasteiger charge is 2.49. The molecule has 2 nitrogen and oxygen atoms in total. The fraction of sp³-hybridized carbons (Fsp3) is 0.500. The Bertz CT molecular complexity index is 329. The largest absolute Gasteiger partial charge is 0.348 e. The molecule has 2 atom stereocenters. The molecule has 1 aliphatic heterocycles. The Kier molecular flexibility index (Phi) is 1.50. The van der Waals surface area contributed by atoms with E-state index in [2.05, 4.69) is 22.1 Å². The Morgan fingerprint density at radius 1 is 1.46 bits per heavy atom. The van der Waals surface area contributed by atoms with E-state index in [0.717, 1.165) is 0 Å². The first-order valence-corrected chi connectivity index (χ1v) is 5.63. The van der Waals surface area contributed by atoms with Crippen molar-refractivity contribution in [1.29, 1.82) is 0 Å². The van der Waals surface area contributed by atoms with Gasteiger partial charge in [0.2, 0.25) is 5.91 Å². The molecule has 1 saturated heterocycles. The van der Waals surface area contributed by atoms with Crippen molar-refractivity contribution in [2.24, 2.45) is 11.8 Å². The van der Waals surface area contributed by atoms with Crippen LogP contribution in [0.4, 0.5) is 0 Å². The van der Waals surface area contributed by atoms with Crippen molar-refractivity contribution >= 4 is 17.2 Å². The Labute approximate surface area is 81.0 Å². The first kappa shape index (κ1) is 7.56. The van der Waals surface area contributed by atoms with Crippen LogP contribution in [0, 0.1) is 11.8 Å². The molecule has 3 rings (SSSR count). The number of carbonyl (C=O) groups is 1. The maximum absolute atomic E-state index is 11.3. The molecule has 13 heavy (non-hydrogen) atoms. The van der Waals surface area contributed by atoms with Crippen LogP contribution in [0.5, 0.6) is 0 Å². The number of rotatable bonds is 2. The summed E-state index contributed by atoms with van der Waals surface area (Å²) >= 11 is 1.70. The van der Waals surface area contributed by atoms with E-state index in [1.54, 1.807) is 11.3 Å². The normalized spacial score (nSPS) is 32.5. The molecule has 1 N–H and O–H groups in total. The van der Waals surface area contributed by atoms with Crippen molar-refractivity contribution in [2.75, 3.05) is 0 Å². The minimum absolute atomic E-state index is 0.263. The summed E-state index contributed by atoms with van der Waals surface area (Å²) in [5.74, 6) is 1.23. The average molecular weight is 193 g/mol. The predicted molar refractivity (Wildman–Crippen MR) is 51.4 cm³/mol. The van der Waals surface area contributed by atoms with E-state index in [-0.39, 0.29) is 11.8 Å². The molecule has 2 fully saturated rings. The number of hydrogen-bond donors (Lipinski definition) is 1. The fourth-order valence-electron chi connectivity index (χ4n) is 2.08. The van der Waals surface area contributed by atoms with Gasteiger partial charge in [0.05, 0.1) is 12.0 Å². The third kappa shape index (κ3) is 1.10. The Morgan fingerprint density at radius 3 is 2.85 bits per heavy atom. The fourth-order valence-corrected chi connectivity index (χ4v) is 2.78. The van der Waals surface area contributed by atoms with E-state index >= 15 is 0 Å². The molecule has 2 heterocycles.